The van der Waals surface area contributed by atoms with Crippen molar-refractivity contribution in [2.24, 2.45) is 11.8 Å². The van der Waals surface area contributed by atoms with Crippen LogP contribution < -0.4 is 31.9 Å². The second-order valence-electron chi connectivity index (χ2n) is 26.1. The summed E-state index contributed by atoms with van der Waals surface area (Å²) in [5.41, 5.74) is 2.11. The lowest BCUT2D eigenvalue weighted by Crippen LogP contribution is -2.65. The van der Waals surface area contributed by atoms with Crippen molar-refractivity contribution < 1.29 is 57.5 Å². The molecule has 2 aromatic carbocycles. The number of carbonyl (C=O) groups is 12. The van der Waals surface area contributed by atoms with Crippen molar-refractivity contribution in [1.29, 1.82) is 0 Å². The minimum Gasteiger partial charge on any atom is -0.347 e. The Hall–Kier alpha value is -7.46. The number of nitrogens with one attached hydrogen (secondary N) is 6. The lowest BCUT2D eigenvalue weighted by atomic mass is 9.93. The molecule has 4 fully saturated rings. The molecule has 22 nitrogen and oxygen atoms in total. The van der Waals surface area contributed by atoms with E-state index in [1.54, 1.807) is 36.7 Å². The third-order valence-corrected chi connectivity index (χ3v) is 20.0. The van der Waals surface area contributed by atoms with Crippen molar-refractivity contribution in [1.82, 2.24) is 50.8 Å². The Labute approximate surface area is 573 Å². The smallest absolute Gasteiger partial charge is 0.251 e. The number of ketones is 4. The number of Topliss-reactive ketones (excluding diaryl/α,β-unsaturated/α-hetero) is 4. The fraction of sp³-hybridized carbons (Fsp3) is 0.611. The molecule has 0 saturated carbocycles. The molecule has 524 valence electrons. The zero-order valence-corrected chi connectivity index (χ0v) is 58.3. The van der Waals surface area contributed by atoms with Gasteiger partial charge in [0.05, 0.1) is 0 Å². The molecule has 0 bridgehead atoms. The first-order chi connectivity index (χ1) is 46.2. The van der Waals surface area contributed by atoms with E-state index in [1.807, 2.05) is 74.9 Å². The second kappa shape index (κ2) is 37.3. The van der Waals surface area contributed by atoms with E-state index in [2.05, 4.69) is 31.9 Å². The first-order valence-electron chi connectivity index (χ1n) is 35.0. The normalized spacial score (nSPS) is 23.0. The Kier molecular flexibility index (Phi) is 29.5. The summed E-state index contributed by atoms with van der Waals surface area (Å²) in [5, 5.41) is 18.0. The maximum atomic E-state index is 14.4. The molecule has 4 aliphatic rings. The van der Waals surface area contributed by atoms with Crippen LogP contribution in [0, 0.1) is 11.8 Å². The highest BCUT2D eigenvalue weighted by molar-refractivity contribution is 6.22. The largest absolute Gasteiger partial charge is 0.347 e. The van der Waals surface area contributed by atoms with Crippen LogP contribution >= 0.6 is 23.2 Å². The van der Waals surface area contributed by atoms with Gasteiger partial charge in [-0.1, -0.05) is 116 Å². The van der Waals surface area contributed by atoms with Gasteiger partial charge in [-0.3, -0.25) is 57.5 Å². The van der Waals surface area contributed by atoms with Gasteiger partial charge in [0.25, 0.3) is 11.8 Å². The summed E-state index contributed by atoms with van der Waals surface area (Å²) < 4.78 is 3.82. The number of alkyl halides is 2. The number of aromatic nitrogens is 2. The Balaban J connectivity index is 0.000000271. The molecular formula is C72H100Cl2N10O12. The molecule has 4 saturated heterocycles. The quantitative estimate of drug-likeness (QED) is 0.0135. The average molecular weight is 1370 g/mol. The summed E-state index contributed by atoms with van der Waals surface area (Å²) in [4.78, 5) is 167. The molecule has 0 spiro atoms. The SMILES string of the molecule is CCC(=O)CCCCC[C@@H]1NC(=O)C2CCCCN2C(=O)[C@H](C(C)CC)NC(=O)C(C(=O)c2cn(CCCCl)c3ccccc23)NC1=O.CCC(=O)CCCCC[C@@H]1NC(=O)C2CCCCN2C(=O)[C@H](C(C)CC)NC(=O)[C@H](C(=O)c2cn(CCCCl)c3ccccc23)NC1=O. The molecule has 24 heteroatoms. The highest BCUT2D eigenvalue weighted by Gasteiger charge is 2.45. The van der Waals surface area contributed by atoms with Crippen LogP contribution in [0.3, 0.4) is 0 Å². The summed E-state index contributed by atoms with van der Waals surface area (Å²) in [5.74, 6) is -5.08. The van der Waals surface area contributed by atoms with Gasteiger partial charge < -0.3 is 50.8 Å². The Morgan fingerprint density at radius 2 is 0.854 bits per heavy atom. The third-order valence-electron chi connectivity index (χ3n) is 19.5. The topological polar surface area (TPSA) is 293 Å². The van der Waals surface area contributed by atoms with Gasteiger partial charge >= 0.3 is 0 Å². The van der Waals surface area contributed by atoms with Gasteiger partial charge in [-0.2, -0.15) is 0 Å². The lowest BCUT2D eigenvalue weighted by Gasteiger charge is -2.39. The van der Waals surface area contributed by atoms with E-state index in [1.165, 1.54) is 9.80 Å². The Morgan fingerprint density at radius 3 is 1.22 bits per heavy atom. The summed E-state index contributed by atoms with van der Waals surface area (Å²) in [6.45, 7) is 13.0. The van der Waals surface area contributed by atoms with Gasteiger partial charge in [-0.25, -0.2) is 0 Å². The average Bonchev–Trinajstić information content (AvgIpc) is 1.51. The molecule has 4 aromatic rings. The fourth-order valence-corrected chi connectivity index (χ4v) is 13.5. The zero-order valence-electron chi connectivity index (χ0n) is 56.8. The third kappa shape index (κ3) is 19.4. The molecule has 8 rings (SSSR count). The Bertz CT molecular complexity index is 3200. The number of para-hydroxylation sites is 2. The minimum atomic E-state index is -1.65. The van der Waals surface area contributed by atoms with Crippen LogP contribution in [0.1, 0.15) is 204 Å². The minimum absolute atomic E-state index is 0.168. The number of aryl methyl sites for hydroxylation is 2. The molecule has 5 unspecified atom stereocenters. The number of unbranched alkanes of at least 4 members (excludes halogenated alkanes) is 4. The van der Waals surface area contributed by atoms with Gasteiger partial charge in [0.15, 0.2) is 23.7 Å². The van der Waals surface area contributed by atoms with Crippen LogP contribution in [-0.4, -0.2) is 163 Å². The van der Waals surface area contributed by atoms with Crippen molar-refractivity contribution >= 4 is 115 Å². The molecule has 96 heavy (non-hydrogen) atoms. The van der Waals surface area contributed by atoms with E-state index in [0.29, 0.717) is 164 Å². The predicted molar refractivity (Wildman–Crippen MR) is 369 cm³/mol. The van der Waals surface area contributed by atoms with E-state index in [0.717, 1.165) is 23.9 Å². The first kappa shape index (κ1) is 75.9. The fourth-order valence-electron chi connectivity index (χ4n) is 13.3. The van der Waals surface area contributed by atoms with Crippen molar-refractivity contribution in [3.8, 4) is 0 Å². The molecule has 10 atom stereocenters. The number of hydrogen-bond acceptors (Lipinski definition) is 12. The van der Waals surface area contributed by atoms with Crippen LogP contribution in [0.15, 0.2) is 60.9 Å². The van der Waals surface area contributed by atoms with Crippen molar-refractivity contribution in [3.63, 3.8) is 0 Å². The molecule has 6 N–H and O–H groups in total. The van der Waals surface area contributed by atoms with E-state index in [9.17, 15) is 57.5 Å². The summed E-state index contributed by atoms with van der Waals surface area (Å²) in [6.07, 6.45) is 15.7. The number of rotatable bonds is 28. The van der Waals surface area contributed by atoms with Crippen molar-refractivity contribution in [3.05, 3.63) is 72.1 Å². The van der Waals surface area contributed by atoms with Crippen molar-refractivity contribution in [2.45, 2.75) is 244 Å². The molecule has 0 aliphatic carbocycles. The molecule has 6 heterocycles. The molecule has 4 aliphatic heterocycles. The second-order valence-corrected chi connectivity index (χ2v) is 26.9. The highest BCUT2D eigenvalue weighted by Crippen LogP contribution is 2.29. The molecule has 8 amide bonds. The van der Waals surface area contributed by atoms with Crippen LogP contribution in [0.5, 0.6) is 0 Å². The maximum Gasteiger partial charge on any atom is 0.251 e. The van der Waals surface area contributed by atoms with Crippen molar-refractivity contribution in [2.75, 3.05) is 24.8 Å². The van der Waals surface area contributed by atoms with Crippen LogP contribution in [0.2, 0.25) is 0 Å². The predicted octanol–water partition coefficient (Wildman–Crippen LogP) is 8.56. The summed E-state index contributed by atoms with van der Waals surface area (Å²) >= 11 is 11.9. The monoisotopic (exact) mass is 1370 g/mol. The van der Waals surface area contributed by atoms with E-state index >= 15 is 0 Å². The summed E-state index contributed by atoms with van der Waals surface area (Å²) in [6, 6.07) is 5.75. The maximum absolute atomic E-state index is 14.4. The number of fused-ring (bicyclic) bond motifs is 4. The number of carbonyl (C=O) groups excluding carboxylic acids is 12. The molecular weight excluding hydrogens is 1270 g/mol. The standard InChI is InChI=1S/2C36H50ClN5O6/c2*1-4-23(3)30-36(48)42-21-12-11-18-29(42)34(46)38-27(16-8-6-7-14-24(43)5-2)33(45)40-31(35(47)39-30)32(44)26-22-41(20-13-19-37)28-17-10-9-15-25(26)28/h2*9-10,15,17,22-23,27,29-31H,4-8,11-14,16,18-21H2,1-3H3,(H,38,46)(H,39,47)(H,40,45)/t23?,27-,29?,30-,31?;23?,27-,29?,30-,31-/m00/s1. The number of nitrogens with zero attached hydrogens (tertiary/aromatic N) is 4. The number of piperidine rings is 2. The van der Waals surface area contributed by atoms with Gasteiger partial charge in [0.2, 0.25) is 35.4 Å². The van der Waals surface area contributed by atoms with Crippen LogP contribution in [-0.2, 0) is 61.0 Å². The van der Waals surface area contributed by atoms with E-state index < -0.39 is 95.3 Å². The van der Waals surface area contributed by atoms with Gasteiger partial charge in [0, 0.05) is 109 Å². The number of benzene rings is 2. The van der Waals surface area contributed by atoms with E-state index in [-0.39, 0.29) is 59.2 Å². The van der Waals surface area contributed by atoms with E-state index in [4.69, 9.17) is 23.2 Å². The van der Waals surface area contributed by atoms with Gasteiger partial charge in [0.1, 0.15) is 47.8 Å². The first-order valence-corrected chi connectivity index (χ1v) is 36.1. The molecule has 0 radical (unpaired) electrons. The van der Waals surface area contributed by atoms with Gasteiger partial charge in [-0.05, 0) is 101 Å². The lowest BCUT2D eigenvalue weighted by molar-refractivity contribution is -0.147. The van der Waals surface area contributed by atoms with Gasteiger partial charge in [-0.15, -0.1) is 23.2 Å². The number of hydrogen-bond donors (Lipinski definition) is 6. The molecule has 2 aromatic heterocycles. The number of amides is 8. The van der Waals surface area contributed by atoms with Crippen LogP contribution in [0.25, 0.3) is 21.8 Å². The Morgan fingerprint density at radius 1 is 0.469 bits per heavy atom. The summed E-state index contributed by atoms with van der Waals surface area (Å²) in [7, 11) is 0. The number of halogens is 2. The zero-order chi connectivity index (χ0) is 69.6. The highest BCUT2D eigenvalue weighted by atomic mass is 35.5. The van der Waals surface area contributed by atoms with Crippen LogP contribution in [0.4, 0.5) is 0 Å².